The Hall–Kier alpha value is -0.990. The maximum Gasteiger partial charge on any atom is 0.231 e. The highest BCUT2D eigenvalue weighted by atomic mass is 16.5. The lowest BCUT2D eigenvalue weighted by molar-refractivity contribution is 0.251. The summed E-state index contributed by atoms with van der Waals surface area (Å²) in [5.41, 5.74) is 0.187. The maximum absolute atomic E-state index is 5.22. The van der Waals surface area contributed by atoms with Crippen LogP contribution in [0.25, 0.3) is 0 Å². The number of rotatable bonds is 11. The molecule has 116 valence electrons. The Morgan fingerprint density at radius 1 is 1.05 bits per heavy atom. The number of hydrogen-bond donors (Lipinski definition) is 0. The molecule has 1 unspecified atom stereocenters. The van der Waals surface area contributed by atoms with Gasteiger partial charge in [0.25, 0.3) is 0 Å². The van der Waals surface area contributed by atoms with Crippen molar-refractivity contribution in [1.82, 2.24) is 9.55 Å². The van der Waals surface area contributed by atoms with E-state index >= 15 is 0 Å². The van der Waals surface area contributed by atoms with Crippen molar-refractivity contribution in [3.8, 4) is 5.88 Å². The van der Waals surface area contributed by atoms with Gasteiger partial charge in [-0.3, -0.25) is 0 Å². The predicted octanol–water partition coefficient (Wildman–Crippen LogP) is 5.16. The van der Waals surface area contributed by atoms with E-state index < -0.39 is 0 Å². The molecule has 1 rings (SSSR count). The molecule has 1 atom stereocenters. The molecule has 3 heteroatoms. The van der Waals surface area contributed by atoms with Crippen molar-refractivity contribution in [3.63, 3.8) is 0 Å². The number of hydrogen-bond acceptors (Lipinski definition) is 2. The zero-order valence-corrected chi connectivity index (χ0v) is 13.8. The van der Waals surface area contributed by atoms with Gasteiger partial charge in [0.1, 0.15) is 0 Å². The van der Waals surface area contributed by atoms with Crippen molar-refractivity contribution in [1.29, 1.82) is 0 Å². The summed E-state index contributed by atoms with van der Waals surface area (Å²) in [6.45, 7) is 6.89. The average molecular weight is 280 g/mol. The van der Waals surface area contributed by atoms with Gasteiger partial charge in [0.2, 0.25) is 5.88 Å². The molecule has 0 saturated heterocycles. The summed E-state index contributed by atoms with van der Waals surface area (Å²) in [6, 6.07) is 0. The number of nitrogens with zero attached hydrogens (tertiary/aromatic N) is 2. The van der Waals surface area contributed by atoms with E-state index in [2.05, 4.69) is 30.3 Å². The lowest BCUT2D eigenvalue weighted by Crippen LogP contribution is -2.29. The highest BCUT2D eigenvalue weighted by Gasteiger charge is 2.25. The van der Waals surface area contributed by atoms with Crippen LogP contribution in [0.4, 0.5) is 0 Å². The molecule has 1 aromatic rings. The van der Waals surface area contributed by atoms with Crippen LogP contribution in [0.5, 0.6) is 5.88 Å². The molecule has 0 aliphatic heterocycles. The number of imidazole rings is 1. The highest BCUT2D eigenvalue weighted by Crippen LogP contribution is 2.31. The lowest BCUT2D eigenvalue weighted by atomic mass is 9.88. The molecule has 0 aromatic carbocycles. The van der Waals surface area contributed by atoms with Gasteiger partial charge >= 0.3 is 0 Å². The number of unbranched alkanes of at least 4 members (excludes halogenated alkanes) is 5. The fraction of sp³-hybridized carbons (Fsp3) is 0.824. The molecule has 0 bridgehead atoms. The van der Waals surface area contributed by atoms with E-state index in [1.165, 1.54) is 57.8 Å². The zero-order valence-electron chi connectivity index (χ0n) is 13.8. The molecule has 0 saturated carbocycles. The molecule has 0 aliphatic carbocycles. The summed E-state index contributed by atoms with van der Waals surface area (Å²) < 4.78 is 7.49. The first-order chi connectivity index (χ1) is 9.66. The molecule has 1 aromatic heterocycles. The molecular weight excluding hydrogens is 248 g/mol. The Bertz CT molecular complexity index is 362. The summed E-state index contributed by atoms with van der Waals surface area (Å²) >= 11 is 0. The van der Waals surface area contributed by atoms with Gasteiger partial charge in [0, 0.05) is 5.54 Å². The van der Waals surface area contributed by atoms with E-state index in [0.717, 1.165) is 5.88 Å². The highest BCUT2D eigenvalue weighted by molar-refractivity contribution is 5.06. The Kier molecular flexibility index (Phi) is 7.71. The normalized spacial score (nSPS) is 14.2. The minimum atomic E-state index is 0.187. The minimum absolute atomic E-state index is 0.187. The topological polar surface area (TPSA) is 27.1 Å². The molecule has 0 amide bonds. The molecule has 1 heterocycles. The molecule has 0 fully saturated rings. The van der Waals surface area contributed by atoms with Crippen molar-refractivity contribution >= 4 is 0 Å². The van der Waals surface area contributed by atoms with Crippen LogP contribution in [0.2, 0.25) is 0 Å². The molecular formula is C17H32N2O. The summed E-state index contributed by atoms with van der Waals surface area (Å²) in [5.74, 6) is 0.721. The smallest absolute Gasteiger partial charge is 0.231 e. The monoisotopic (exact) mass is 280 g/mol. The summed E-state index contributed by atoms with van der Waals surface area (Å²) in [4.78, 5) is 4.31. The summed E-state index contributed by atoms with van der Waals surface area (Å²) in [6.07, 6.45) is 15.6. The first-order valence-corrected chi connectivity index (χ1v) is 8.24. The molecule has 0 radical (unpaired) electrons. The third kappa shape index (κ3) is 5.18. The van der Waals surface area contributed by atoms with Gasteiger partial charge in [-0.15, -0.1) is 0 Å². The second-order valence-corrected chi connectivity index (χ2v) is 6.09. The Labute approximate surface area is 124 Å². The van der Waals surface area contributed by atoms with Crippen molar-refractivity contribution in [3.05, 3.63) is 12.5 Å². The van der Waals surface area contributed by atoms with E-state index in [-0.39, 0.29) is 5.54 Å². The van der Waals surface area contributed by atoms with E-state index in [9.17, 15) is 0 Å². The van der Waals surface area contributed by atoms with Crippen LogP contribution in [-0.4, -0.2) is 16.7 Å². The van der Waals surface area contributed by atoms with Crippen LogP contribution in [-0.2, 0) is 5.54 Å². The fourth-order valence-corrected chi connectivity index (χ4v) is 2.76. The van der Waals surface area contributed by atoms with Crippen LogP contribution in [0, 0.1) is 0 Å². The maximum atomic E-state index is 5.22. The summed E-state index contributed by atoms with van der Waals surface area (Å²) in [5, 5.41) is 0. The SMILES string of the molecule is CCCCCCCC(C)(CCCC)n1cnc(OC)c1. The van der Waals surface area contributed by atoms with Gasteiger partial charge in [-0.2, -0.15) is 0 Å². The minimum Gasteiger partial charge on any atom is -0.480 e. The lowest BCUT2D eigenvalue weighted by Gasteiger charge is -2.31. The summed E-state index contributed by atoms with van der Waals surface area (Å²) in [7, 11) is 1.68. The molecule has 0 N–H and O–H groups in total. The molecule has 20 heavy (non-hydrogen) atoms. The quantitative estimate of drug-likeness (QED) is 0.524. The standard InChI is InChI=1S/C17H32N2O/c1-5-7-9-10-11-13-17(3,12-8-6-2)19-14-16(20-4)18-15-19/h14-15H,5-13H2,1-4H3. The number of methoxy groups -OCH3 is 1. The fourth-order valence-electron chi connectivity index (χ4n) is 2.76. The van der Waals surface area contributed by atoms with Crippen molar-refractivity contribution in [2.75, 3.05) is 7.11 Å². The van der Waals surface area contributed by atoms with Gasteiger partial charge in [0.05, 0.1) is 19.6 Å². The Morgan fingerprint density at radius 3 is 2.30 bits per heavy atom. The van der Waals surface area contributed by atoms with E-state index in [1.807, 2.05) is 12.5 Å². The van der Waals surface area contributed by atoms with Crippen molar-refractivity contribution < 1.29 is 4.74 Å². The molecule has 0 spiro atoms. The van der Waals surface area contributed by atoms with Gasteiger partial charge < -0.3 is 9.30 Å². The van der Waals surface area contributed by atoms with Crippen LogP contribution >= 0.6 is 0 Å². The molecule has 0 aliphatic rings. The van der Waals surface area contributed by atoms with E-state index in [4.69, 9.17) is 4.74 Å². The van der Waals surface area contributed by atoms with E-state index in [1.54, 1.807) is 7.11 Å². The first kappa shape index (κ1) is 17.1. The number of ether oxygens (including phenoxy) is 1. The second-order valence-electron chi connectivity index (χ2n) is 6.09. The third-order valence-corrected chi connectivity index (χ3v) is 4.28. The van der Waals surface area contributed by atoms with Crippen LogP contribution in [0.15, 0.2) is 12.5 Å². The Balaban J connectivity index is 2.60. The van der Waals surface area contributed by atoms with Crippen LogP contribution in [0.1, 0.15) is 78.6 Å². The largest absolute Gasteiger partial charge is 0.480 e. The predicted molar refractivity (Wildman–Crippen MR) is 85.3 cm³/mol. The van der Waals surface area contributed by atoms with Gasteiger partial charge in [-0.1, -0.05) is 58.8 Å². The number of aromatic nitrogens is 2. The Morgan fingerprint density at radius 2 is 1.70 bits per heavy atom. The third-order valence-electron chi connectivity index (χ3n) is 4.28. The van der Waals surface area contributed by atoms with Gasteiger partial charge in [-0.05, 0) is 19.8 Å². The zero-order chi connectivity index (χ0) is 14.8. The van der Waals surface area contributed by atoms with Gasteiger partial charge in [0.15, 0.2) is 0 Å². The van der Waals surface area contributed by atoms with Crippen LogP contribution < -0.4 is 4.74 Å². The average Bonchev–Trinajstić information content (AvgIpc) is 2.94. The van der Waals surface area contributed by atoms with Crippen LogP contribution in [0.3, 0.4) is 0 Å². The van der Waals surface area contributed by atoms with E-state index in [0.29, 0.717) is 0 Å². The van der Waals surface area contributed by atoms with Crippen molar-refractivity contribution in [2.24, 2.45) is 0 Å². The van der Waals surface area contributed by atoms with Gasteiger partial charge in [-0.25, -0.2) is 4.98 Å². The van der Waals surface area contributed by atoms with Crippen molar-refractivity contribution in [2.45, 2.75) is 84.1 Å². The second kappa shape index (κ2) is 9.04. The molecule has 3 nitrogen and oxygen atoms in total. The first-order valence-electron chi connectivity index (χ1n) is 8.24.